The predicted octanol–water partition coefficient (Wildman–Crippen LogP) is 4.34. The summed E-state index contributed by atoms with van der Waals surface area (Å²) in [5.41, 5.74) is 1.37. The molecular formula is C15H18BrNO2. The van der Waals surface area contributed by atoms with Gasteiger partial charge in [0, 0.05) is 17.0 Å². The summed E-state index contributed by atoms with van der Waals surface area (Å²) >= 11 is 3.88. The lowest BCUT2D eigenvalue weighted by atomic mass is 9.90. The molecule has 1 aromatic rings. The normalized spacial score (nSPS) is 20.5. The molecule has 1 unspecified atom stereocenters. The second-order valence-electron chi connectivity index (χ2n) is 5.90. The van der Waals surface area contributed by atoms with Gasteiger partial charge in [-0.05, 0) is 55.4 Å². The molecule has 2 aliphatic rings. The van der Waals surface area contributed by atoms with Gasteiger partial charge >= 0.3 is 0 Å². The van der Waals surface area contributed by atoms with Crippen molar-refractivity contribution in [3.05, 3.63) is 39.9 Å². The zero-order valence-electron chi connectivity index (χ0n) is 10.8. The van der Waals surface area contributed by atoms with Gasteiger partial charge in [0.1, 0.15) is 0 Å². The molecule has 0 bridgehead atoms. The average Bonchev–Trinajstić information content (AvgIpc) is 3.24. The lowest BCUT2D eigenvalue weighted by molar-refractivity contribution is -0.384. The maximum absolute atomic E-state index is 10.6. The van der Waals surface area contributed by atoms with E-state index >= 15 is 0 Å². The fourth-order valence-corrected chi connectivity index (χ4v) is 4.29. The summed E-state index contributed by atoms with van der Waals surface area (Å²) in [4.78, 5) is 10.8. The number of hydrogen-bond donors (Lipinski definition) is 0. The maximum atomic E-state index is 10.6. The van der Waals surface area contributed by atoms with Gasteiger partial charge in [0.15, 0.2) is 0 Å². The minimum absolute atomic E-state index is 0.177. The van der Waals surface area contributed by atoms with Gasteiger partial charge in [-0.3, -0.25) is 10.1 Å². The Balaban J connectivity index is 1.64. The minimum atomic E-state index is -0.341. The lowest BCUT2D eigenvalue weighted by Gasteiger charge is -2.22. The Morgan fingerprint density at radius 1 is 1.16 bits per heavy atom. The van der Waals surface area contributed by atoms with Crippen LogP contribution in [-0.4, -0.2) is 9.75 Å². The fourth-order valence-electron chi connectivity index (χ4n) is 3.05. The number of non-ortho nitro benzene ring substituents is 1. The van der Waals surface area contributed by atoms with E-state index in [0.29, 0.717) is 4.83 Å². The van der Waals surface area contributed by atoms with Gasteiger partial charge in [-0.1, -0.05) is 28.1 Å². The summed E-state index contributed by atoms with van der Waals surface area (Å²) in [7, 11) is 0. The number of nitrogens with zero attached hydrogens (tertiary/aromatic N) is 1. The van der Waals surface area contributed by atoms with Gasteiger partial charge in [0.2, 0.25) is 0 Å². The van der Waals surface area contributed by atoms with Crippen molar-refractivity contribution < 1.29 is 4.92 Å². The minimum Gasteiger partial charge on any atom is -0.258 e. The van der Waals surface area contributed by atoms with Gasteiger partial charge in [0.05, 0.1) is 4.92 Å². The molecule has 0 radical (unpaired) electrons. The standard InChI is InChI=1S/C15H18BrNO2/c16-14(15(11-3-4-11)12-5-6-12)9-10-1-7-13(8-2-10)17(18)19/h1-2,7-8,11-12,14-15H,3-6,9H2. The smallest absolute Gasteiger partial charge is 0.258 e. The molecule has 0 amide bonds. The van der Waals surface area contributed by atoms with Crippen LogP contribution in [0.1, 0.15) is 31.2 Å². The van der Waals surface area contributed by atoms with Crippen molar-refractivity contribution in [1.29, 1.82) is 0 Å². The molecule has 1 atom stereocenters. The highest BCUT2D eigenvalue weighted by Gasteiger charge is 2.44. The van der Waals surface area contributed by atoms with E-state index in [2.05, 4.69) is 15.9 Å². The number of rotatable bonds is 6. The highest BCUT2D eigenvalue weighted by atomic mass is 79.9. The molecule has 0 spiro atoms. The van der Waals surface area contributed by atoms with Gasteiger partial charge in [-0.25, -0.2) is 0 Å². The van der Waals surface area contributed by atoms with Crippen LogP contribution in [0.2, 0.25) is 0 Å². The number of halogens is 1. The van der Waals surface area contributed by atoms with Crippen molar-refractivity contribution in [2.24, 2.45) is 17.8 Å². The quantitative estimate of drug-likeness (QED) is 0.444. The van der Waals surface area contributed by atoms with Gasteiger partial charge in [0.25, 0.3) is 5.69 Å². The van der Waals surface area contributed by atoms with Crippen molar-refractivity contribution in [3.63, 3.8) is 0 Å². The maximum Gasteiger partial charge on any atom is 0.269 e. The number of nitro benzene ring substituents is 1. The van der Waals surface area contributed by atoms with Gasteiger partial charge in [-0.15, -0.1) is 0 Å². The Morgan fingerprint density at radius 3 is 2.11 bits per heavy atom. The molecule has 19 heavy (non-hydrogen) atoms. The van der Waals surface area contributed by atoms with Crippen molar-refractivity contribution >= 4 is 21.6 Å². The topological polar surface area (TPSA) is 43.1 Å². The molecule has 0 saturated heterocycles. The molecule has 4 heteroatoms. The van der Waals surface area contributed by atoms with E-state index in [-0.39, 0.29) is 10.6 Å². The third kappa shape index (κ3) is 3.16. The first-order valence-corrected chi connectivity index (χ1v) is 7.94. The van der Waals surface area contributed by atoms with Crippen LogP contribution in [0.4, 0.5) is 5.69 Å². The number of nitro groups is 1. The van der Waals surface area contributed by atoms with E-state index < -0.39 is 0 Å². The van der Waals surface area contributed by atoms with E-state index in [4.69, 9.17) is 0 Å². The second kappa shape index (κ2) is 5.23. The van der Waals surface area contributed by atoms with Crippen molar-refractivity contribution in [2.75, 3.05) is 0 Å². The molecular weight excluding hydrogens is 306 g/mol. The van der Waals surface area contributed by atoms with Crippen LogP contribution in [0.3, 0.4) is 0 Å². The Bertz CT molecular complexity index is 454. The summed E-state index contributed by atoms with van der Waals surface area (Å²) in [6.07, 6.45) is 6.55. The molecule has 1 aromatic carbocycles. The third-order valence-corrected chi connectivity index (χ3v) is 5.26. The monoisotopic (exact) mass is 323 g/mol. The molecule has 0 aliphatic heterocycles. The van der Waals surface area contributed by atoms with Crippen LogP contribution in [0.15, 0.2) is 24.3 Å². The Labute approximate surface area is 121 Å². The molecule has 2 saturated carbocycles. The first kappa shape index (κ1) is 13.1. The lowest BCUT2D eigenvalue weighted by Crippen LogP contribution is -2.21. The summed E-state index contributed by atoms with van der Waals surface area (Å²) in [5, 5.41) is 10.6. The van der Waals surface area contributed by atoms with Crippen molar-refractivity contribution in [2.45, 2.75) is 36.9 Å². The number of hydrogen-bond acceptors (Lipinski definition) is 2. The van der Waals surface area contributed by atoms with Gasteiger partial charge in [-0.2, -0.15) is 0 Å². The first-order chi connectivity index (χ1) is 9.15. The van der Waals surface area contributed by atoms with Crippen LogP contribution in [-0.2, 0) is 6.42 Å². The van der Waals surface area contributed by atoms with Crippen LogP contribution < -0.4 is 0 Å². The second-order valence-corrected chi connectivity index (χ2v) is 7.07. The Morgan fingerprint density at radius 2 is 1.68 bits per heavy atom. The summed E-state index contributed by atoms with van der Waals surface area (Å²) in [6.45, 7) is 0. The summed E-state index contributed by atoms with van der Waals surface area (Å²) < 4.78 is 0. The predicted molar refractivity (Wildman–Crippen MR) is 78.5 cm³/mol. The molecule has 102 valence electrons. The third-order valence-electron chi connectivity index (χ3n) is 4.33. The average molecular weight is 324 g/mol. The SMILES string of the molecule is O=[N+]([O-])c1ccc(CC(Br)C(C2CC2)C2CC2)cc1. The zero-order chi connectivity index (χ0) is 13.4. The van der Waals surface area contributed by atoms with E-state index in [1.807, 2.05) is 12.1 Å². The fraction of sp³-hybridized carbons (Fsp3) is 0.600. The van der Waals surface area contributed by atoms with E-state index in [1.54, 1.807) is 12.1 Å². The van der Waals surface area contributed by atoms with Crippen LogP contribution in [0, 0.1) is 27.9 Å². The van der Waals surface area contributed by atoms with E-state index in [1.165, 1.54) is 31.2 Å². The molecule has 3 nitrogen and oxygen atoms in total. The highest BCUT2D eigenvalue weighted by Crippen LogP contribution is 2.52. The Hall–Kier alpha value is -0.900. The Kier molecular flexibility index (Phi) is 3.61. The number of alkyl halides is 1. The summed E-state index contributed by atoms with van der Waals surface area (Å²) in [6, 6.07) is 7.00. The van der Waals surface area contributed by atoms with Crippen molar-refractivity contribution in [3.8, 4) is 0 Å². The van der Waals surface area contributed by atoms with E-state index in [9.17, 15) is 10.1 Å². The van der Waals surface area contributed by atoms with E-state index in [0.717, 1.165) is 24.2 Å². The molecule has 2 aliphatic carbocycles. The number of benzene rings is 1. The van der Waals surface area contributed by atoms with Crippen LogP contribution in [0.5, 0.6) is 0 Å². The van der Waals surface area contributed by atoms with Crippen LogP contribution >= 0.6 is 15.9 Å². The molecule has 0 aromatic heterocycles. The van der Waals surface area contributed by atoms with Crippen LogP contribution in [0.25, 0.3) is 0 Å². The molecule has 2 fully saturated rings. The molecule has 0 N–H and O–H groups in total. The summed E-state index contributed by atoms with van der Waals surface area (Å²) in [5.74, 6) is 2.67. The highest BCUT2D eigenvalue weighted by molar-refractivity contribution is 9.09. The van der Waals surface area contributed by atoms with Crippen molar-refractivity contribution in [1.82, 2.24) is 0 Å². The zero-order valence-corrected chi connectivity index (χ0v) is 12.4. The largest absolute Gasteiger partial charge is 0.269 e. The molecule has 3 rings (SSSR count). The molecule has 0 heterocycles. The first-order valence-electron chi connectivity index (χ1n) is 7.02. The van der Waals surface area contributed by atoms with Gasteiger partial charge < -0.3 is 0 Å².